The zero-order chi connectivity index (χ0) is 11.1. The Labute approximate surface area is 104 Å². The molecule has 1 rings (SSSR count). The van der Waals surface area contributed by atoms with Crippen molar-refractivity contribution in [2.45, 2.75) is 32.2 Å². The van der Waals surface area contributed by atoms with Crippen LogP contribution in [0.3, 0.4) is 0 Å². The van der Waals surface area contributed by atoms with Gasteiger partial charge in [0.1, 0.15) is 6.61 Å². The molecule has 1 fully saturated rings. The highest BCUT2D eigenvalue weighted by molar-refractivity contribution is 5.85. The van der Waals surface area contributed by atoms with Gasteiger partial charge in [-0.3, -0.25) is 4.79 Å². The quantitative estimate of drug-likeness (QED) is 0.717. The molecule has 1 unspecified atom stereocenters. The zero-order valence-electron chi connectivity index (χ0n) is 10.2. The number of carbonyl (C=O) groups excluding carboxylic acids is 1. The highest BCUT2D eigenvalue weighted by Gasteiger charge is 2.22. The van der Waals surface area contributed by atoms with Crippen LogP contribution in [0, 0.1) is 0 Å². The summed E-state index contributed by atoms with van der Waals surface area (Å²) in [5.41, 5.74) is 0. The number of likely N-dealkylation sites (N-methyl/N-ethyl adjacent to an activating group) is 1. The maximum absolute atomic E-state index is 11.7. The van der Waals surface area contributed by atoms with E-state index in [9.17, 15) is 4.79 Å². The highest BCUT2D eigenvalue weighted by Crippen LogP contribution is 2.06. The van der Waals surface area contributed by atoms with Gasteiger partial charge in [-0.1, -0.05) is 13.3 Å². The fourth-order valence-corrected chi connectivity index (χ4v) is 1.68. The van der Waals surface area contributed by atoms with Gasteiger partial charge in [-0.25, -0.2) is 0 Å². The Bertz CT molecular complexity index is 196. The van der Waals surface area contributed by atoms with Crippen molar-refractivity contribution < 1.29 is 9.53 Å². The molecule has 0 aliphatic carbocycles. The fourth-order valence-electron chi connectivity index (χ4n) is 1.68. The molecule has 1 atom stereocenters. The van der Waals surface area contributed by atoms with E-state index in [2.05, 4.69) is 12.2 Å². The van der Waals surface area contributed by atoms with Crippen LogP contribution >= 0.6 is 12.4 Å². The Morgan fingerprint density at radius 1 is 1.56 bits per heavy atom. The second kappa shape index (κ2) is 8.79. The zero-order valence-corrected chi connectivity index (χ0v) is 11.0. The predicted octanol–water partition coefficient (Wildman–Crippen LogP) is 1.05. The molecule has 0 spiro atoms. The minimum Gasteiger partial charge on any atom is -0.372 e. The first-order chi connectivity index (χ1) is 7.25. The normalized spacial score (nSPS) is 19.2. The summed E-state index contributed by atoms with van der Waals surface area (Å²) in [6.07, 6.45) is 3.19. The first-order valence-electron chi connectivity index (χ1n) is 5.79. The Balaban J connectivity index is 0.00000225. The van der Waals surface area contributed by atoms with Gasteiger partial charge in [0.05, 0.1) is 0 Å². The molecule has 96 valence electrons. The molecule has 1 aliphatic rings. The van der Waals surface area contributed by atoms with Crippen LogP contribution in [0.25, 0.3) is 0 Å². The number of rotatable bonds is 6. The number of nitrogens with one attached hydrogen (secondary N) is 1. The molecule has 16 heavy (non-hydrogen) atoms. The molecule has 1 aliphatic heterocycles. The lowest BCUT2D eigenvalue weighted by atomic mass is 10.2. The van der Waals surface area contributed by atoms with Crippen molar-refractivity contribution in [3.05, 3.63) is 0 Å². The van der Waals surface area contributed by atoms with E-state index in [1.807, 2.05) is 11.9 Å². The van der Waals surface area contributed by atoms with Crippen LogP contribution in [-0.2, 0) is 9.53 Å². The van der Waals surface area contributed by atoms with Crippen LogP contribution in [0.1, 0.15) is 26.2 Å². The summed E-state index contributed by atoms with van der Waals surface area (Å²) in [6.45, 7) is 4.96. The molecule has 1 N–H and O–H groups in total. The van der Waals surface area contributed by atoms with E-state index >= 15 is 0 Å². The number of hydrogen-bond acceptors (Lipinski definition) is 3. The molecule has 0 radical (unpaired) electrons. The maximum Gasteiger partial charge on any atom is 0.248 e. The average Bonchev–Trinajstić information content (AvgIpc) is 2.76. The molecule has 0 aromatic rings. The summed E-state index contributed by atoms with van der Waals surface area (Å²) in [5, 5.41) is 3.25. The molecule has 0 bridgehead atoms. The SMILES string of the molecule is CCCCOCC(=O)N(C)C1CCNC1.Cl. The van der Waals surface area contributed by atoms with Gasteiger partial charge >= 0.3 is 0 Å². The third-order valence-corrected chi connectivity index (χ3v) is 2.84. The van der Waals surface area contributed by atoms with Crippen LogP contribution in [0.5, 0.6) is 0 Å². The molecule has 1 saturated heterocycles. The number of halogens is 1. The topological polar surface area (TPSA) is 41.6 Å². The summed E-state index contributed by atoms with van der Waals surface area (Å²) in [4.78, 5) is 13.5. The minimum atomic E-state index is 0. The Morgan fingerprint density at radius 3 is 2.88 bits per heavy atom. The number of unbranched alkanes of at least 4 members (excludes halogenated alkanes) is 1. The third kappa shape index (κ3) is 5.14. The molecule has 5 heteroatoms. The summed E-state index contributed by atoms with van der Waals surface area (Å²) >= 11 is 0. The van der Waals surface area contributed by atoms with E-state index in [-0.39, 0.29) is 24.9 Å². The minimum absolute atomic E-state index is 0. The van der Waals surface area contributed by atoms with Crippen molar-refractivity contribution in [2.75, 3.05) is 33.4 Å². The molecule has 0 aromatic carbocycles. The van der Waals surface area contributed by atoms with Crippen molar-refractivity contribution in [2.24, 2.45) is 0 Å². The van der Waals surface area contributed by atoms with E-state index in [4.69, 9.17) is 4.74 Å². The van der Waals surface area contributed by atoms with Crippen molar-refractivity contribution in [3.8, 4) is 0 Å². The van der Waals surface area contributed by atoms with Crippen LogP contribution in [0.2, 0.25) is 0 Å². The van der Waals surface area contributed by atoms with Gasteiger partial charge < -0.3 is 15.0 Å². The second-order valence-corrected chi connectivity index (χ2v) is 4.06. The van der Waals surface area contributed by atoms with Crippen LogP contribution in [0.4, 0.5) is 0 Å². The molecule has 4 nitrogen and oxygen atoms in total. The van der Waals surface area contributed by atoms with Crippen molar-refractivity contribution in [3.63, 3.8) is 0 Å². The lowest BCUT2D eigenvalue weighted by molar-refractivity contribution is -0.136. The van der Waals surface area contributed by atoms with Gasteiger partial charge in [-0.05, 0) is 19.4 Å². The first-order valence-corrected chi connectivity index (χ1v) is 5.79. The number of ether oxygens (including phenoxy) is 1. The van der Waals surface area contributed by atoms with Crippen molar-refractivity contribution in [1.29, 1.82) is 0 Å². The van der Waals surface area contributed by atoms with Gasteiger partial charge in [-0.2, -0.15) is 0 Å². The molecule has 1 heterocycles. The lowest BCUT2D eigenvalue weighted by Gasteiger charge is -2.23. The smallest absolute Gasteiger partial charge is 0.248 e. The summed E-state index contributed by atoms with van der Waals surface area (Å²) in [5.74, 6) is 0.0970. The van der Waals surface area contributed by atoms with E-state index < -0.39 is 0 Å². The number of hydrogen-bond donors (Lipinski definition) is 1. The summed E-state index contributed by atoms with van der Waals surface area (Å²) in [6, 6.07) is 0.354. The predicted molar refractivity (Wildman–Crippen MR) is 67.0 cm³/mol. The molecular weight excluding hydrogens is 228 g/mol. The Kier molecular flexibility index (Phi) is 8.61. The van der Waals surface area contributed by atoms with E-state index in [0.29, 0.717) is 12.6 Å². The largest absolute Gasteiger partial charge is 0.372 e. The number of amides is 1. The van der Waals surface area contributed by atoms with Gasteiger partial charge in [0.2, 0.25) is 5.91 Å². The summed E-state index contributed by atoms with van der Waals surface area (Å²) in [7, 11) is 1.86. The molecule has 0 saturated carbocycles. The molecule has 1 amide bonds. The first kappa shape index (κ1) is 15.7. The van der Waals surface area contributed by atoms with Crippen molar-refractivity contribution >= 4 is 18.3 Å². The number of nitrogens with zero attached hydrogens (tertiary/aromatic N) is 1. The van der Waals surface area contributed by atoms with Gasteiger partial charge in [-0.15, -0.1) is 12.4 Å². The molecular formula is C11H23ClN2O2. The average molecular weight is 251 g/mol. The van der Waals surface area contributed by atoms with Crippen molar-refractivity contribution in [1.82, 2.24) is 10.2 Å². The van der Waals surface area contributed by atoms with Crippen LogP contribution < -0.4 is 5.32 Å². The van der Waals surface area contributed by atoms with Gasteiger partial charge in [0, 0.05) is 26.2 Å². The van der Waals surface area contributed by atoms with Gasteiger partial charge in [0.25, 0.3) is 0 Å². The Morgan fingerprint density at radius 2 is 2.31 bits per heavy atom. The number of carbonyl (C=O) groups is 1. The monoisotopic (exact) mass is 250 g/mol. The van der Waals surface area contributed by atoms with E-state index in [1.54, 1.807) is 0 Å². The fraction of sp³-hybridized carbons (Fsp3) is 0.909. The van der Waals surface area contributed by atoms with E-state index in [0.717, 1.165) is 32.4 Å². The summed E-state index contributed by atoms with van der Waals surface area (Å²) < 4.78 is 5.30. The van der Waals surface area contributed by atoms with Crippen LogP contribution in [0.15, 0.2) is 0 Å². The molecule has 0 aromatic heterocycles. The third-order valence-electron chi connectivity index (χ3n) is 2.84. The maximum atomic E-state index is 11.7. The second-order valence-electron chi connectivity index (χ2n) is 4.06. The Hall–Kier alpha value is -0.320. The van der Waals surface area contributed by atoms with Crippen LogP contribution in [-0.4, -0.2) is 50.2 Å². The standard InChI is InChI=1S/C11H22N2O2.ClH/c1-3-4-7-15-9-11(14)13(2)10-5-6-12-8-10;/h10,12H,3-9H2,1-2H3;1H. The highest BCUT2D eigenvalue weighted by atomic mass is 35.5. The lowest BCUT2D eigenvalue weighted by Crippen LogP contribution is -2.40. The van der Waals surface area contributed by atoms with E-state index in [1.165, 1.54) is 0 Å². The van der Waals surface area contributed by atoms with Gasteiger partial charge in [0.15, 0.2) is 0 Å².